The van der Waals surface area contributed by atoms with E-state index in [1.807, 2.05) is 0 Å². The van der Waals surface area contributed by atoms with Gasteiger partial charge < -0.3 is 4.74 Å². The second kappa shape index (κ2) is 11.1. The van der Waals surface area contributed by atoms with Crippen molar-refractivity contribution in [3.8, 4) is 0 Å². The number of rotatable bonds is 2. The maximum Gasteiger partial charge on any atom is 0.308 e. The minimum absolute atomic E-state index is 0.0423. The largest absolute Gasteiger partial charge is 0.465 e. The first-order chi connectivity index (χ1) is 9.34. The van der Waals surface area contributed by atoms with Crippen LogP contribution in [-0.2, 0) is 9.53 Å². The Bertz CT molecular complexity index is 258. The van der Waals surface area contributed by atoms with E-state index in [0.29, 0.717) is 6.61 Å². The van der Waals surface area contributed by atoms with Crippen molar-refractivity contribution in [3.05, 3.63) is 12.2 Å². The highest BCUT2D eigenvalue weighted by molar-refractivity contribution is 5.72. The van der Waals surface area contributed by atoms with Gasteiger partial charge in [-0.15, -0.1) is 0 Å². The summed E-state index contributed by atoms with van der Waals surface area (Å²) in [6.07, 6.45) is 17.1. The van der Waals surface area contributed by atoms with Crippen molar-refractivity contribution in [2.45, 2.75) is 77.6 Å². The van der Waals surface area contributed by atoms with Gasteiger partial charge in [0.15, 0.2) is 0 Å². The predicted octanol–water partition coefficient (Wildman–Crippen LogP) is 5.03. The van der Waals surface area contributed by atoms with Crippen LogP contribution in [-0.4, -0.2) is 12.6 Å². The van der Waals surface area contributed by atoms with Gasteiger partial charge in [0.2, 0.25) is 0 Å². The molecule has 2 nitrogen and oxygen atoms in total. The van der Waals surface area contributed by atoms with Crippen molar-refractivity contribution in [2.75, 3.05) is 6.61 Å². The van der Waals surface area contributed by atoms with Crippen molar-refractivity contribution in [1.82, 2.24) is 0 Å². The summed E-state index contributed by atoms with van der Waals surface area (Å²) in [6.45, 7) is 2.76. The van der Waals surface area contributed by atoms with Crippen LogP contribution >= 0.6 is 0 Å². The molecule has 1 unspecified atom stereocenters. The van der Waals surface area contributed by atoms with Gasteiger partial charge in [0.1, 0.15) is 0 Å². The first-order valence-electron chi connectivity index (χ1n) is 8.16. The lowest BCUT2D eigenvalue weighted by Gasteiger charge is -2.14. The molecule has 1 aliphatic rings. The molecule has 0 N–H and O–H groups in total. The molecule has 1 atom stereocenters. The van der Waals surface area contributed by atoms with Gasteiger partial charge in [-0.25, -0.2) is 0 Å². The number of carbonyl (C=O) groups excluding carboxylic acids is 1. The number of hydrogen-bond donors (Lipinski definition) is 0. The lowest BCUT2D eigenvalue weighted by molar-refractivity contribution is -0.149. The van der Waals surface area contributed by atoms with Crippen LogP contribution in [0.4, 0.5) is 0 Å². The van der Waals surface area contributed by atoms with Gasteiger partial charge in [-0.2, -0.15) is 0 Å². The molecule has 0 saturated carbocycles. The van der Waals surface area contributed by atoms with E-state index in [1.54, 1.807) is 0 Å². The summed E-state index contributed by atoms with van der Waals surface area (Å²) < 4.78 is 5.43. The first-order valence-corrected chi connectivity index (χ1v) is 8.16. The number of cyclic esters (lactones) is 1. The van der Waals surface area contributed by atoms with Gasteiger partial charge in [0.05, 0.1) is 12.5 Å². The van der Waals surface area contributed by atoms with Crippen LogP contribution < -0.4 is 0 Å². The number of allylic oxidation sites excluding steroid dienone is 2. The summed E-state index contributed by atoms with van der Waals surface area (Å²) in [5.41, 5.74) is 0. The lowest BCUT2D eigenvalue weighted by Crippen LogP contribution is -2.18. The monoisotopic (exact) mass is 266 g/mol. The highest BCUT2D eigenvalue weighted by Gasteiger charge is 2.18. The molecule has 0 radical (unpaired) electrons. The van der Waals surface area contributed by atoms with Crippen molar-refractivity contribution in [1.29, 1.82) is 0 Å². The van der Waals surface area contributed by atoms with Crippen LogP contribution in [0.5, 0.6) is 0 Å². The van der Waals surface area contributed by atoms with Crippen LogP contribution in [0.2, 0.25) is 0 Å². The Morgan fingerprint density at radius 1 is 1.05 bits per heavy atom. The molecular weight excluding hydrogens is 236 g/mol. The third-order valence-electron chi connectivity index (χ3n) is 3.82. The SMILES string of the molecule is CCCC1CCC/C=C/CCCCCCCOC1=O. The van der Waals surface area contributed by atoms with E-state index >= 15 is 0 Å². The van der Waals surface area contributed by atoms with Crippen LogP contribution in [0.25, 0.3) is 0 Å². The molecule has 0 aromatic heterocycles. The highest BCUT2D eigenvalue weighted by atomic mass is 16.5. The van der Waals surface area contributed by atoms with Crippen LogP contribution in [0.1, 0.15) is 77.6 Å². The van der Waals surface area contributed by atoms with E-state index in [-0.39, 0.29) is 11.9 Å². The first kappa shape index (κ1) is 16.3. The summed E-state index contributed by atoms with van der Waals surface area (Å²) in [5.74, 6) is 0.171. The molecule has 0 fully saturated rings. The molecular formula is C17H30O2. The Kier molecular flexibility index (Phi) is 9.48. The van der Waals surface area contributed by atoms with Gasteiger partial charge >= 0.3 is 5.97 Å². The van der Waals surface area contributed by atoms with E-state index in [0.717, 1.165) is 38.5 Å². The minimum Gasteiger partial charge on any atom is -0.465 e. The molecule has 0 spiro atoms. The van der Waals surface area contributed by atoms with Gasteiger partial charge in [-0.3, -0.25) is 4.79 Å². The molecule has 110 valence electrons. The summed E-state index contributed by atoms with van der Waals surface area (Å²) in [6, 6.07) is 0. The summed E-state index contributed by atoms with van der Waals surface area (Å²) in [7, 11) is 0. The Balaban J connectivity index is 2.41. The molecule has 0 bridgehead atoms. The average Bonchev–Trinajstić information content (AvgIpc) is 2.42. The Morgan fingerprint density at radius 2 is 1.74 bits per heavy atom. The van der Waals surface area contributed by atoms with E-state index in [9.17, 15) is 4.79 Å². The lowest BCUT2D eigenvalue weighted by atomic mass is 9.97. The number of hydrogen-bond acceptors (Lipinski definition) is 2. The van der Waals surface area contributed by atoms with Crippen molar-refractivity contribution < 1.29 is 9.53 Å². The molecule has 0 aliphatic carbocycles. The fourth-order valence-electron chi connectivity index (χ4n) is 2.63. The van der Waals surface area contributed by atoms with E-state index in [2.05, 4.69) is 19.1 Å². The zero-order valence-corrected chi connectivity index (χ0v) is 12.5. The van der Waals surface area contributed by atoms with Crippen LogP contribution in [0.15, 0.2) is 12.2 Å². The Hall–Kier alpha value is -0.790. The van der Waals surface area contributed by atoms with Gasteiger partial charge in [0, 0.05) is 0 Å². The van der Waals surface area contributed by atoms with Gasteiger partial charge in [-0.1, -0.05) is 44.8 Å². The molecule has 2 heteroatoms. The zero-order chi connectivity index (χ0) is 13.8. The fraction of sp³-hybridized carbons (Fsp3) is 0.824. The normalized spacial score (nSPS) is 25.9. The average molecular weight is 266 g/mol. The fourth-order valence-corrected chi connectivity index (χ4v) is 2.63. The van der Waals surface area contributed by atoms with Gasteiger partial charge in [-0.05, 0) is 44.9 Å². The highest BCUT2D eigenvalue weighted by Crippen LogP contribution is 2.18. The minimum atomic E-state index is 0.0423. The number of carbonyl (C=O) groups is 1. The molecule has 0 amide bonds. The molecule has 0 aromatic rings. The number of ether oxygens (including phenoxy) is 1. The molecule has 19 heavy (non-hydrogen) atoms. The maximum absolute atomic E-state index is 12.0. The van der Waals surface area contributed by atoms with Crippen molar-refractivity contribution in [2.24, 2.45) is 5.92 Å². The topological polar surface area (TPSA) is 26.3 Å². The van der Waals surface area contributed by atoms with Crippen molar-refractivity contribution >= 4 is 5.97 Å². The van der Waals surface area contributed by atoms with Crippen LogP contribution in [0, 0.1) is 5.92 Å². The van der Waals surface area contributed by atoms with E-state index in [1.165, 1.54) is 32.1 Å². The Labute approximate surface area is 118 Å². The summed E-state index contributed by atoms with van der Waals surface area (Å²) in [4.78, 5) is 12.0. The maximum atomic E-state index is 12.0. The summed E-state index contributed by atoms with van der Waals surface area (Å²) >= 11 is 0. The number of esters is 1. The van der Waals surface area contributed by atoms with E-state index < -0.39 is 0 Å². The van der Waals surface area contributed by atoms with E-state index in [4.69, 9.17) is 4.74 Å². The summed E-state index contributed by atoms with van der Waals surface area (Å²) in [5, 5.41) is 0. The molecule has 0 saturated heterocycles. The van der Waals surface area contributed by atoms with Gasteiger partial charge in [0.25, 0.3) is 0 Å². The second-order valence-corrected chi connectivity index (χ2v) is 5.61. The molecule has 1 rings (SSSR count). The molecule has 0 aromatic carbocycles. The third kappa shape index (κ3) is 8.07. The van der Waals surface area contributed by atoms with Crippen molar-refractivity contribution in [3.63, 3.8) is 0 Å². The second-order valence-electron chi connectivity index (χ2n) is 5.61. The zero-order valence-electron chi connectivity index (χ0n) is 12.5. The predicted molar refractivity (Wildman–Crippen MR) is 80.1 cm³/mol. The smallest absolute Gasteiger partial charge is 0.308 e. The third-order valence-corrected chi connectivity index (χ3v) is 3.82. The standard InChI is InChI=1S/C17H30O2/c1-2-13-16-14-11-9-7-5-3-4-6-8-10-12-15-19-17(16)18/h5,7,16H,2-4,6,8-15H2,1H3/b7-5+. The molecule has 1 heterocycles. The molecule has 1 aliphatic heterocycles. The Morgan fingerprint density at radius 3 is 2.53 bits per heavy atom. The van der Waals surface area contributed by atoms with Crippen LogP contribution in [0.3, 0.4) is 0 Å². The quantitative estimate of drug-likeness (QED) is 0.518.